The van der Waals surface area contributed by atoms with E-state index in [9.17, 15) is 9.90 Å². The summed E-state index contributed by atoms with van der Waals surface area (Å²) in [4.78, 5) is 15.2. The van der Waals surface area contributed by atoms with Gasteiger partial charge in [-0.15, -0.1) is 11.3 Å². The molecule has 2 atom stereocenters. The number of carbonyl (C=O) groups is 1. The van der Waals surface area contributed by atoms with Gasteiger partial charge in [0.15, 0.2) is 0 Å². The first-order chi connectivity index (χ1) is 8.13. The largest absolute Gasteiger partial charge is 0.392 e. The Morgan fingerprint density at radius 2 is 2.47 bits per heavy atom. The van der Waals surface area contributed by atoms with Crippen LogP contribution in [0.2, 0.25) is 0 Å². The number of nitrogens with one attached hydrogen (secondary N) is 1. The average molecular weight is 254 g/mol. The molecular formula is C12H18N2O2S. The number of likely N-dealkylation sites (N-methyl/N-ethyl adjacent to an activating group) is 1. The Morgan fingerprint density at radius 3 is 3.12 bits per heavy atom. The quantitative estimate of drug-likeness (QED) is 0.838. The van der Waals surface area contributed by atoms with Crippen LogP contribution in [-0.2, 0) is 11.2 Å². The monoisotopic (exact) mass is 254 g/mol. The van der Waals surface area contributed by atoms with E-state index in [0.29, 0.717) is 13.1 Å². The van der Waals surface area contributed by atoms with E-state index in [1.165, 1.54) is 5.56 Å². The third kappa shape index (κ3) is 2.51. The molecule has 0 aromatic carbocycles. The average Bonchev–Trinajstić information content (AvgIpc) is 2.68. The van der Waals surface area contributed by atoms with Crippen molar-refractivity contribution in [3.8, 4) is 0 Å². The molecule has 4 nitrogen and oxygen atoms in total. The number of β-amino-alcohol motifs (C(OH)–C–C–N with tert-alkyl or cyclic N) is 1. The predicted molar refractivity (Wildman–Crippen MR) is 68.1 cm³/mol. The molecule has 2 unspecified atom stereocenters. The van der Waals surface area contributed by atoms with Crippen molar-refractivity contribution in [2.75, 3.05) is 20.1 Å². The lowest BCUT2D eigenvalue weighted by Gasteiger charge is -2.25. The van der Waals surface area contributed by atoms with E-state index >= 15 is 0 Å². The van der Waals surface area contributed by atoms with E-state index in [4.69, 9.17) is 0 Å². The molecule has 0 saturated heterocycles. The highest BCUT2D eigenvalue weighted by atomic mass is 32.1. The molecule has 5 heteroatoms. The van der Waals surface area contributed by atoms with Gasteiger partial charge in [-0.25, -0.2) is 0 Å². The lowest BCUT2D eigenvalue weighted by molar-refractivity contribution is -0.134. The van der Waals surface area contributed by atoms with Gasteiger partial charge in [0.2, 0.25) is 5.91 Å². The van der Waals surface area contributed by atoms with Crippen LogP contribution in [0.25, 0.3) is 0 Å². The molecule has 2 heterocycles. The maximum atomic E-state index is 12.3. The van der Waals surface area contributed by atoms with E-state index in [-0.39, 0.29) is 11.9 Å². The molecule has 1 aromatic heterocycles. The third-order valence-corrected chi connectivity index (χ3v) is 4.05. The molecule has 1 aromatic rings. The van der Waals surface area contributed by atoms with Crippen LogP contribution in [0.3, 0.4) is 0 Å². The van der Waals surface area contributed by atoms with Crippen LogP contribution < -0.4 is 5.32 Å². The molecule has 0 spiro atoms. The van der Waals surface area contributed by atoms with Gasteiger partial charge in [-0.05, 0) is 37.4 Å². The summed E-state index contributed by atoms with van der Waals surface area (Å²) < 4.78 is 0. The van der Waals surface area contributed by atoms with Crippen molar-refractivity contribution in [1.29, 1.82) is 0 Å². The molecule has 1 aliphatic heterocycles. The lowest BCUT2D eigenvalue weighted by Crippen LogP contribution is -2.42. The number of carbonyl (C=O) groups excluding carboxylic acids is 1. The third-order valence-electron chi connectivity index (χ3n) is 3.03. The minimum atomic E-state index is -0.479. The Balaban J connectivity index is 2.25. The van der Waals surface area contributed by atoms with Crippen LogP contribution in [0.15, 0.2) is 11.4 Å². The maximum Gasteiger partial charge on any atom is 0.245 e. The first-order valence-electron chi connectivity index (χ1n) is 5.84. The molecular weight excluding hydrogens is 236 g/mol. The van der Waals surface area contributed by atoms with E-state index in [1.54, 1.807) is 30.2 Å². The van der Waals surface area contributed by atoms with Gasteiger partial charge in [-0.1, -0.05) is 0 Å². The standard InChI is InChI=1S/C12H18N2O2S/c1-8(15)7-14-5-3-9-4-6-17-11(9)10(13-2)12(14)16/h4,6,8,10,13,15H,3,5,7H2,1-2H3. The first kappa shape index (κ1) is 12.5. The fraction of sp³-hybridized carbons (Fsp3) is 0.583. The summed E-state index contributed by atoms with van der Waals surface area (Å²) in [6.07, 6.45) is 0.391. The van der Waals surface area contributed by atoms with Gasteiger partial charge in [0.05, 0.1) is 6.10 Å². The van der Waals surface area contributed by atoms with Gasteiger partial charge in [0.25, 0.3) is 0 Å². The summed E-state index contributed by atoms with van der Waals surface area (Å²) in [5, 5.41) is 14.5. The van der Waals surface area contributed by atoms with Gasteiger partial charge in [-0.2, -0.15) is 0 Å². The summed E-state index contributed by atoms with van der Waals surface area (Å²) in [5.74, 6) is 0.0644. The first-order valence-corrected chi connectivity index (χ1v) is 6.72. The zero-order valence-corrected chi connectivity index (χ0v) is 11.0. The van der Waals surface area contributed by atoms with E-state index in [1.807, 2.05) is 5.38 Å². The molecule has 0 bridgehead atoms. The zero-order chi connectivity index (χ0) is 12.4. The Hall–Kier alpha value is -0.910. The van der Waals surface area contributed by atoms with Gasteiger partial charge >= 0.3 is 0 Å². The van der Waals surface area contributed by atoms with Gasteiger partial charge in [-0.3, -0.25) is 4.79 Å². The Bertz CT molecular complexity index is 403. The zero-order valence-electron chi connectivity index (χ0n) is 10.1. The van der Waals surface area contributed by atoms with Crippen molar-refractivity contribution in [3.05, 3.63) is 21.9 Å². The Morgan fingerprint density at radius 1 is 1.71 bits per heavy atom. The molecule has 0 aliphatic carbocycles. The minimum absolute atomic E-state index is 0.0644. The van der Waals surface area contributed by atoms with Crippen LogP contribution in [0, 0.1) is 0 Å². The molecule has 2 rings (SSSR count). The summed E-state index contributed by atoms with van der Waals surface area (Å²) in [6, 6.07) is 1.83. The number of nitrogens with zero attached hydrogens (tertiary/aromatic N) is 1. The molecule has 0 saturated carbocycles. The highest BCUT2D eigenvalue weighted by molar-refractivity contribution is 7.10. The normalized spacial score (nSPS) is 22.2. The minimum Gasteiger partial charge on any atom is -0.392 e. The molecule has 0 radical (unpaired) electrons. The Kier molecular flexibility index (Phi) is 3.81. The van der Waals surface area contributed by atoms with Crippen molar-refractivity contribution in [2.24, 2.45) is 0 Å². The van der Waals surface area contributed by atoms with Crippen LogP contribution in [0.1, 0.15) is 23.4 Å². The highest BCUT2D eigenvalue weighted by Crippen LogP contribution is 2.29. The molecule has 0 fully saturated rings. The lowest BCUT2D eigenvalue weighted by atomic mass is 10.1. The number of fused-ring (bicyclic) bond motifs is 1. The fourth-order valence-corrected chi connectivity index (χ4v) is 3.28. The van der Waals surface area contributed by atoms with Crippen molar-refractivity contribution in [1.82, 2.24) is 10.2 Å². The van der Waals surface area contributed by atoms with E-state index < -0.39 is 6.10 Å². The smallest absolute Gasteiger partial charge is 0.245 e. The second kappa shape index (κ2) is 5.16. The number of aliphatic hydroxyl groups excluding tert-OH is 1. The van der Waals surface area contributed by atoms with Crippen molar-refractivity contribution in [3.63, 3.8) is 0 Å². The number of amides is 1. The summed E-state index contributed by atoms with van der Waals surface area (Å²) in [7, 11) is 1.80. The molecule has 17 heavy (non-hydrogen) atoms. The number of thiophene rings is 1. The van der Waals surface area contributed by atoms with Crippen LogP contribution in [0.4, 0.5) is 0 Å². The molecule has 2 N–H and O–H groups in total. The predicted octanol–water partition coefficient (Wildman–Crippen LogP) is 0.774. The number of hydrogen-bond donors (Lipinski definition) is 2. The van der Waals surface area contributed by atoms with Gasteiger partial charge in [0.1, 0.15) is 6.04 Å². The summed E-state index contributed by atoms with van der Waals surface area (Å²) >= 11 is 1.62. The number of aliphatic hydroxyl groups is 1. The van der Waals surface area contributed by atoms with Crippen molar-refractivity contribution >= 4 is 17.2 Å². The number of rotatable bonds is 3. The van der Waals surface area contributed by atoms with E-state index in [0.717, 1.165) is 11.3 Å². The fourth-order valence-electron chi connectivity index (χ4n) is 2.22. The van der Waals surface area contributed by atoms with Gasteiger partial charge in [0, 0.05) is 18.0 Å². The molecule has 94 valence electrons. The molecule has 1 amide bonds. The number of hydrogen-bond acceptors (Lipinski definition) is 4. The van der Waals surface area contributed by atoms with Gasteiger partial charge < -0.3 is 15.3 Å². The van der Waals surface area contributed by atoms with Crippen LogP contribution in [0.5, 0.6) is 0 Å². The second-order valence-corrected chi connectivity index (χ2v) is 5.36. The van der Waals surface area contributed by atoms with Crippen molar-refractivity contribution < 1.29 is 9.90 Å². The van der Waals surface area contributed by atoms with E-state index in [2.05, 4.69) is 11.4 Å². The maximum absolute atomic E-state index is 12.3. The summed E-state index contributed by atoms with van der Waals surface area (Å²) in [5.41, 5.74) is 1.25. The molecule has 1 aliphatic rings. The second-order valence-electron chi connectivity index (χ2n) is 4.42. The van der Waals surface area contributed by atoms with Crippen LogP contribution in [-0.4, -0.2) is 42.2 Å². The SMILES string of the molecule is CNC1C(=O)N(CC(C)O)CCc2ccsc21. The van der Waals surface area contributed by atoms with Crippen LogP contribution >= 0.6 is 11.3 Å². The topological polar surface area (TPSA) is 52.6 Å². The van der Waals surface area contributed by atoms with Crippen molar-refractivity contribution in [2.45, 2.75) is 25.5 Å². The summed E-state index contributed by atoms with van der Waals surface area (Å²) in [6.45, 7) is 2.81. The Labute approximate surface area is 105 Å². The highest BCUT2D eigenvalue weighted by Gasteiger charge is 2.30.